The summed E-state index contributed by atoms with van der Waals surface area (Å²) in [5.41, 5.74) is -1.99. The van der Waals surface area contributed by atoms with Gasteiger partial charge in [-0.05, 0) is 5.92 Å². The third kappa shape index (κ3) is 2.12. The van der Waals surface area contributed by atoms with Crippen LogP contribution in [0.4, 0.5) is 13.2 Å². The Bertz CT molecular complexity index is 381. The largest absolute Gasteiger partial charge is 0.431 e. The maximum absolute atomic E-state index is 12.4. The average Bonchev–Trinajstić information content (AvgIpc) is 2.01. The van der Waals surface area contributed by atoms with Crippen LogP contribution < -0.4 is 5.69 Å². The minimum absolute atomic E-state index is 0.00269. The molecule has 0 amide bonds. The van der Waals surface area contributed by atoms with Crippen LogP contribution in [0.1, 0.15) is 31.0 Å². The molecule has 0 aromatic carbocycles. The summed E-state index contributed by atoms with van der Waals surface area (Å²) in [6.07, 6.45) is -3.58. The van der Waals surface area contributed by atoms with E-state index >= 15 is 0 Å². The van der Waals surface area contributed by atoms with Gasteiger partial charge in [-0.3, -0.25) is 0 Å². The average molecular weight is 206 g/mol. The van der Waals surface area contributed by atoms with E-state index in [1.165, 1.54) is 0 Å². The van der Waals surface area contributed by atoms with Gasteiger partial charge in [0.05, 0.1) is 0 Å². The Morgan fingerprint density at radius 2 is 2.00 bits per heavy atom. The highest BCUT2D eigenvalue weighted by Crippen LogP contribution is 2.32. The summed E-state index contributed by atoms with van der Waals surface area (Å²) in [6.45, 7) is 3.20. The van der Waals surface area contributed by atoms with Crippen LogP contribution in [0.3, 0.4) is 0 Å². The number of nitrogens with one attached hydrogen (secondary N) is 1. The fourth-order valence-electron chi connectivity index (χ4n) is 1.08. The first-order valence-corrected chi connectivity index (χ1v) is 3.98. The minimum Gasteiger partial charge on any atom is -0.301 e. The number of alkyl halides is 3. The molecule has 1 heterocycles. The lowest BCUT2D eigenvalue weighted by molar-refractivity contribution is -0.142. The van der Waals surface area contributed by atoms with Gasteiger partial charge in [-0.1, -0.05) is 13.8 Å². The highest BCUT2D eigenvalue weighted by molar-refractivity contribution is 5.22. The molecule has 0 aliphatic carbocycles. The predicted octanol–water partition coefficient (Wildman–Crippen LogP) is 1.91. The summed E-state index contributed by atoms with van der Waals surface area (Å²) in [5.74, 6) is -0.337. The van der Waals surface area contributed by atoms with E-state index < -0.39 is 17.6 Å². The molecule has 0 aliphatic rings. The van der Waals surface area contributed by atoms with E-state index in [2.05, 4.69) is 4.98 Å². The quantitative estimate of drug-likeness (QED) is 0.762. The van der Waals surface area contributed by atoms with Crippen molar-refractivity contribution in [2.24, 2.45) is 0 Å². The molecule has 14 heavy (non-hydrogen) atoms. The Hall–Kier alpha value is -1.33. The minimum atomic E-state index is -4.54. The molecule has 0 saturated carbocycles. The first-order chi connectivity index (χ1) is 6.32. The lowest BCUT2D eigenvalue weighted by atomic mass is 10.0. The van der Waals surface area contributed by atoms with Gasteiger partial charge in [0.2, 0.25) is 0 Å². The van der Waals surface area contributed by atoms with Crippen LogP contribution >= 0.6 is 0 Å². The molecule has 3 nitrogen and oxygen atoms in total. The number of aromatic nitrogens is 2. The maximum atomic E-state index is 12.4. The predicted molar refractivity (Wildman–Crippen MR) is 43.9 cm³/mol. The van der Waals surface area contributed by atoms with Gasteiger partial charge in [-0.25, -0.2) is 9.78 Å². The van der Waals surface area contributed by atoms with Crippen LogP contribution in [0, 0.1) is 0 Å². The molecule has 0 unspecified atom stereocenters. The Morgan fingerprint density at radius 3 is 2.43 bits per heavy atom. The van der Waals surface area contributed by atoms with Crippen molar-refractivity contribution in [2.45, 2.75) is 25.9 Å². The molecule has 0 fully saturated rings. The van der Waals surface area contributed by atoms with Crippen molar-refractivity contribution in [3.8, 4) is 0 Å². The van der Waals surface area contributed by atoms with E-state index in [-0.39, 0.29) is 11.5 Å². The molecule has 0 aliphatic heterocycles. The zero-order valence-corrected chi connectivity index (χ0v) is 7.64. The zero-order valence-electron chi connectivity index (χ0n) is 7.64. The third-order valence-electron chi connectivity index (χ3n) is 1.75. The van der Waals surface area contributed by atoms with Crippen LogP contribution in [-0.2, 0) is 6.18 Å². The highest BCUT2D eigenvalue weighted by Gasteiger charge is 2.35. The fourth-order valence-corrected chi connectivity index (χ4v) is 1.08. The van der Waals surface area contributed by atoms with E-state index in [1.54, 1.807) is 18.8 Å². The van der Waals surface area contributed by atoms with E-state index in [1.807, 2.05) is 0 Å². The maximum Gasteiger partial charge on any atom is 0.431 e. The molecular formula is C8H9F3N2O. The molecule has 1 aromatic heterocycles. The lowest BCUT2D eigenvalue weighted by Gasteiger charge is -2.13. The molecule has 1 N–H and O–H groups in total. The van der Waals surface area contributed by atoms with Crippen molar-refractivity contribution in [3.63, 3.8) is 0 Å². The number of hydrogen-bond donors (Lipinski definition) is 1. The number of H-pyrrole nitrogens is 1. The van der Waals surface area contributed by atoms with Crippen molar-refractivity contribution in [3.05, 3.63) is 27.9 Å². The second-order valence-electron chi connectivity index (χ2n) is 3.17. The van der Waals surface area contributed by atoms with Crippen molar-refractivity contribution in [1.82, 2.24) is 9.97 Å². The Kier molecular flexibility index (Phi) is 2.64. The zero-order chi connectivity index (χ0) is 10.9. The van der Waals surface area contributed by atoms with Crippen molar-refractivity contribution < 1.29 is 13.2 Å². The smallest absolute Gasteiger partial charge is 0.301 e. The normalized spacial score (nSPS) is 12.1. The molecule has 78 valence electrons. The van der Waals surface area contributed by atoms with Gasteiger partial charge in [0.25, 0.3) is 0 Å². The van der Waals surface area contributed by atoms with Gasteiger partial charge in [0, 0.05) is 11.8 Å². The van der Waals surface area contributed by atoms with Crippen LogP contribution in [-0.4, -0.2) is 9.97 Å². The van der Waals surface area contributed by atoms with E-state index in [9.17, 15) is 18.0 Å². The first-order valence-electron chi connectivity index (χ1n) is 3.98. The number of nitrogens with zero attached hydrogens (tertiary/aromatic N) is 1. The first kappa shape index (κ1) is 10.7. The number of hydrogen-bond acceptors (Lipinski definition) is 2. The van der Waals surface area contributed by atoms with Gasteiger partial charge in [-0.15, -0.1) is 0 Å². The van der Waals surface area contributed by atoms with Crippen LogP contribution in [0.15, 0.2) is 11.0 Å². The third-order valence-corrected chi connectivity index (χ3v) is 1.75. The summed E-state index contributed by atoms with van der Waals surface area (Å²) in [6, 6.07) is 0. The van der Waals surface area contributed by atoms with Crippen molar-refractivity contribution in [2.75, 3.05) is 0 Å². The monoisotopic (exact) mass is 206 g/mol. The number of halogens is 3. The number of rotatable bonds is 1. The molecule has 0 spiro atoms. The van der Waals surface area contributed by atoms with Crippen LogP contribution in [0.5, 0.6) is 0 Å². The second kappa shape index (κ2) is 3.43. The molecule has 1 aromatic rings. The van der Waals surface area contributed by atoms with E-state index in [0.717, 1.165) is 6.20 Å². The van der Waals surface area contributed by atoms with E-state index in [0.29, 0.717) is 0 Å². The summed E-state index contributed by atoms with van der Waals surface area (Å²) in [4.78, 5) is 15.6. The molecule has 0 saturated heterocycles. The van der Waals surface area contributed by atoms with Gasteiger partial charge in [0.15, 0.2) is 0 Å². The Labute approximate surface area is 78.0 Å². The molecule has 0 atom stereocenters. The van der Waals surface area contributed by atoms with Gasteiger partial charge in [0.1, 0.15) is 5.69 Å². The molecule has 0 radical (unpaired) electrons. The summed E-state index contributed by atoms with van der Waals surface area (Å²) < 4.78 is 37.2. The highest BCUT2D eigenvalue weighted by atomic mass is 19.4. The molecule has 1 rings (SSSR count). The van der Waals surface area contributed by atoms with Crippen LogP contribution in [0.25, 0.3) is 0 Å². The number of aromatic amines is 1. The van der Waals surface area contributed by atoms with Crippen molar-refractivity contribution in [1.29, 1.82) is 0 Å². The second-order valence-corrected chi connectivity index (χ2v) is 3.17. The van der Waals surface area contributed by atoms with E-state index in [4.69, 9.17) is 0 Å². The van der Waals surface area contributed by atoms with Crippen LogP contribution in [0.2, 0.25) is 0 Å². The Morgan fingerprint density at radius 1 is 1.43 bits per heavy atom. The van der Waals surface area contributed by atoms with Gasteiger partial charge in [-0.2, -0.15) is 13.2 Å². The topological polar surface area (TPSA) is 45.8 Å². The molecule has 0 bridgehead atoms. The van der Waals surface area contributed by atoms with Gasteiger partial charge >= 0.3 is 11.9 Å². The standard InChI is InChI=1S/C8H9F3N2O/c1-4(2)5-3-12-7(14)13-6(5)8(9,10)11/h3-4H,1-2H3,(H,12,13,14). The fraction of sp³-hybridized carbons (Fsp3) is 0.500. The van der Waals surface area contributed by atoms with Crippen molar-refractivity contribution >= 4 is 0 Å². The summed E-state index contributed by atoms with van der Waals surface area (Å²) in [5, 5.41) is 0. The SMILES string of the molecule is CC(C)c1cnc(=O)[nH]c1C(F)(F)F. The lowest BCUT2D eigenvalue weighted by Crippen LogP contribution is -2.21. The molecule has 6 heteroatoms. The molecular weight excluding hydrogens is 197 g/mol. The summed E-state index contributed by atoms with van der Waals surface area (Å²) in [7, 11) is 0. The van der Waals surface area contributed by atoms with Gasteiger partial charge < -0.3 is 4.98 Å². The Balaban J connectivity index is 3.38. The summed E-state index contributed by atoms with van der Waals surface area (Å²) >= 11 is 0.